The lowest BCUT2D eigenvalue weighted by Crippen LogP contribution is -2.34. The van der Waals surface area contributed by atoms with E-state index in [4.69, 9.17) is 14.7 Å². The van der Waals surface area contributed by atoms with Crippen LogP contribution in [-0.2, 0) is 0 Å². The lowest BCUT2D eigenvalue weighted by molar-refractivity contribution is 0.122. The van der Waals surface area contributed by atoms with Crippen molar-refractivity contribution in [1.29, 1.82) is 0 Å². The molecule has 2 aliphatic rings. The number of anilines is 1. The van der Waals surface area contributed by atoms with Gasteiger partial charge in [-0.2, -0.15) is 0 Å². The Hall–Kier alpha value is -1.99. The van der Waals surface area contributed by atoms with Gasteiger partial charge in [0.05, 0.1) is 17.0 Å². The maximum atomic E-state index is 9.93. The van der Waals surface area contributed by atoms with Gasteiger partial charge in [0, 0.05) is 24.0 Å². The maximum Gasteiger partial charge on any atom is 0.224 e. The van der Waals surface area contributed by atoms with Gasteiger partial charge in [0.15, 0.2) is 0 Å². The van der Waals surface area contributed by atoms with Crippen LogP contribution in [0.1, 0.15) is 76.7 Å². The second-order valence-electron chi connectivity index (χ2n) is 8.70. The summed E-state index contributed by atoms with van der Waals surface area (Å²) in [5, 5.41) is 17.7. The normalized spacial score (nSPS) is 23.1. The van der Waals surface area contributed by atoms with Crippen LogP contribution < -0.4 is 15.4 Å². The molecule has 0 bridgehead atoms. The molecule has 2 aromatic heterocycles. The van der Waals surface area contributed by atoms with E-state index in [-0.39, 0.29) is 12.2 Å². The third kappa shape index (κ3) is 4.83. The average molecular weight is 414 g/mol. The highest BCUT2D eigenvalue weighted by molar-refractivity contribution is 5.86. The van der Waals surface area contributed by atoms with Crippen LogP contribution in [0.2, 0.25) is 0 Å². The highest BCUT2D eigenvalue weighted by atomic mass is 16.5. The molecule has 2 aromatic rings. The van der Waals surface area contributed by atoms with E-state index in [0.717, 1.165) is 80.9 Å². The summed E-state index contributed by atoms with van der Waals surface area (Å²) < 4.78 is 6.30. The molecular formula is C23H35N5O2. The number of nitrogens with one attached hydrogen (secondary N) is 2. The summed E-state index contributed by atoms with van der Waals surface area (Å²) in [4.78, 5) is 14.3. The van der Waals surface area contributed by atoms with E-state index in [1.807, 2.05) is 12.4 Å². The average Bonchev–Trinajstić information content (AvgIpc) is 2.79. The first kappa shape index (κ1) is 21.2. The first-order valence-electron chi connectivity index (χ1n) is 11.7. The van der Waals surface area contributed by atoms with Crippen LogP contribution >= 0.6 is 0 Å². The first-order chi connectivity index (χ1) is 14.7. The van der Waals surface area contributed by atoms with E-state index in [9.17, 15) is 5.11 Å². The Morgan fingerprint density at radius 1 is 1.07 bits per heavy atom. The SMILES string of the molecule is CCC(CC)Nc1ncc2c(OC3CCNCC3)ncc(C3CCC(O)CC3)c2n1. The van der Waals surface area contributed by atoms with Gasteiger partial charge in [-0.1, -0.05) is 13.8 Å². The van der Waals surface area contributed by atoms with Gasteiger partial charge in [0.25, 0.3) is 0 Å². The number of hydrogen-bond acceptors (Lipinski definition) is 7. The Morgan fingerprint density at radius 2 is 1.80 bits per heavy atom. The van der Waals surface area contributed by atoms with Gasteiger partial charge >= 0.3 is 0 Å². The lowest BCUT2D eigenvalue weighted by atomic mass is 9.83. The molecule has 0 atom stereocenters. The van der Waals surface area contributed by atoms with Crippen molar-refractivity contribution in [2.24, 2.45) is 0 Å². The van der Waals surface area contributed by atoms with Crippen LogP contribution in [0.3, 0.4) is 0 Å². The number of rotatable bonds is 7. The summed E-state index contributed by atoms with van der Waals surface area (Å²) in [5.74, 6) is 1.69. The number of piperidine rings is 1. The van der Waals surface area contributed by atoms with Crippen LogP contribution in [0.25, 0.3) is 10.9 Å². The summed E-state index contributed by atoms with van der Waals surface area (Å²) in [6.07, 6.45) is 11.5. The summed E-state index contributed by atoms with van der Waals surface area (Å²) in [7, 11) is 0. The molecule has 0 amide bonds. The number of aliphatic hydroxyl groups is 1. The number of pyridine rings is 1. The Kier molecular flexibility index (Phi) is 7.00. The molecule has 3 N–H and O–H groups in total. The minimum atomic E-state index is -0.176. The van der Waals surface area contributed by atoms with Crippen LogP contribution in [0.4, 0.5) is 5.95 Å². The Morgan fingerprint density at radius 3 is 2.50 bits per heavy atom. The van der Waals surface area contributed by atoms with Gasteiger partial charge in [-0.05, 0) is 70.4 Å². The summed E-state index contributed by atoms with van der Waals surface area (Å²) in [6.45, 7) is 6.31. The topological polar surface area (TPSA) is 92.2 Å². The number of nitrogens with zero attached hydrogens (tertiary/aromatic N) is 3. The van der Waals surface area contributed by atoms with Crippen molar-refractivity contribution >= 4 is 16.9 Å². The van der Waals surface area contributed by atoms with Gasteiger partial charge < -0.3 is 20.5 Å². The maximum absolute atomic E-state index is 9.93. The van der Waals surface area contributed by atoms with Crippen LogP contribution in [-0.4, -0.2) is 51.4 Å². The zero-order chi connectivity index (χ0) is 20.9. The van der Waals surface area contributed by atoms with Crippen LogP contribution in [0, 0.1) is 0 Å². The fourth-order valence-corrected chi connectivity index (χ4v) is 4.61. The van der Waals surface area contributed by atoms with Crippen molar-refractivity contribution in [3.8, 4) is 5.88 Å². The molecule has 2 fully saturated rings. The van der Waals surface area contributed by atoms with Gasteiger partial charge in [-0.3, -0.25) is 0 Å². The molecule has 30 heavy (non-hydrogen) atoms. The standard InChI is InChI=1S/C23H35N5O2/c1-3-16(4-2)27-23-26-14-20-21(28-23)19(15-5-7-17(29)8-6-15)13-25-22(20)30-18-9-11-24-12-10-18/h13-18,24,29H,3-12H2,1-2H3,(H,26,27,28). The summed E-state index contributed by atoms with van der Waals surface area (Å²) in [6, 6.07) is 0.364. The third-order valence-corrected chi connectivity index (χ3v) is 6.63. The Balaban J connectivity index is 1.68. The number of hydrogen-bond donors (Lipinski definition) is 3. The number of aliphatic hydroxyl groups excluding tert-OH is 1. The molecule has 7 nitrogen and oxygen atoms in total. The van der Waals surface area contributed by atoms with Gasteiger partial charge in [-0.15, -0.1) is 0 Å². The van der Waals surface area contributed by atoms with Gasteiger partial charge in [0.1, 0.15) is 6.10 Å². The van der Waals surface area contributed by atoms with Crippen LogP contribution in [0.5, 0.6) is 5.88 Å². The minimum absolute atomic E-state index is 0.176. The highest BCUT2D eigenvalue weighted by Crippen LogP contribution is 2.38. The van der Waals surface area contributed by atoms with Crippen molar-refractivity contribution in [2.45, 2.75) is 89.4 Å². The van der Waals surface area contributed by atoms with Crippen molar-refractivity contribution in [1.82, 2.24) is 20.3 Å². The Labute approximate surface area is 179 Å². The zero-order valence-corrected chi connectivity index (χ0v) is 18.2. The van der Waals surface area contributed by atoms with E-state index in [1.165, 1.54) is 0 Å². The Bertz CT molecular complexity index is 828. The van der Waals surface area contributed by atoms with E-state index < -0.39 is 0 Å². The monoisotopic (exact) mass is 413 g/mol. The van der Waals surface area contributed by atoms with E-state index >= 15 is 0 Å². The molecule has 3 heterocycles. The number of fused-ring (bicyclic) bond motifs is 1. The third-order valence-electron chi connectivity index (χ3n) is 6.63. The first-order valence-corrected chi connectivity index (χ1v) is 11.7. The van der Waals surface area contributed by atoms with Crippen molar-refractivity contribution in [3.05, 3.63) is 18.0 Å². The fraction of sp³-hybridized carbons (Fsp3) is 0.696. The van der Waals surface area contributed by atoms with Gasteiger partial charge in [0.2, 0.25) is 11.8 Å². The van der Waals surface area contributed by atoms with Crippen molar-refractivity contribution < 1.29 is 9.84 Å². The summed E-state index contributed by atoms with van der Waals surface area (Å²) in [5.41, 5.74) is 2.10. The minimum Gasteiger partial charge on any atom is -0.474 e. The van der Waals surface area contributed by atoms with E-state index in [2.05, 4.69) is 29.5 Å². The predicted molar refractivity (Wildman–Crippen MR) is 119 cm³/mol. The zero-order valence-electron chi connectivity index (χ0n) is 18.2. The lowest BCUT2D eigenvalue weighted by Gasteiger charge is -2.27. The van der Waals surface area contributed by atoms with E-state index in [0.29, 0.717) is 23.8 Å². The second-order valence-corrected chi connectivity index (χ2v) is 8.70. The molecule has 0 spiro atoms. The smallest absolute Gasteiger partial charge is 0.224 e. The number of ether oxygens (including phenoxy) is 1. The molecule has 1 aliphatic carbocycles. The molecule has 0 unspecified atom stereocenters. The molecule has 1 saturated carbocycles. The summed E-state index contributed by atoms with van der Waals surface area (Å²) >= 11 is 0. The van der Waals surface area contributed by atoms with Gasteiger partial charge in [-0.25, -0.2) is 15.0 Å². The van der Waals surface area contributed by atoms with E-state index in [1.54, 1.807) is 0 Å². The quantitative estimate of drug-likeness (QED) is 0.636. The molecule has 164 valence electrons. The predicted octanol–water partition coefficient (Wildman–Crippen LogP) is 3.77. The van der Waals surface area contributed by atoms with Crippen molar-refractivity contribution in [3.63, 3.8) is 0 Å². The highest BCUT2D eigenvalue weighted by Gasteiger charge is 2.25. The van der Waals surface area contributed by atoms with Crippen LogP contribution in [0.15, 0.2) is 12.4 Å². The molecule has 1 aliphatic heterocycles. The molecule has 1 saturated heterocycles. The second kappa shape index (κ2) is 9.88. The van der Waals surface area contributed by atoms with Crippen molar-refractivity contribution in [2.75, 3.05) is 18.4 Å². The molecule has 0 radical (unpaired) electrons. The fourth-order valence-electron chi connectivity index (χ4n) is 4.61. The number of aromatic nitrogens is 3. The largest absolute Gasteiger partial charge is 0.474 e. The molecule has 4 rings (SSSR count). The molecule has 0 aromatic carbocycles. The molecular weight excluding hydrogens is 378 g/mol. The molecule has 7 heteroatoms.